The van der Waals surface area contributed by atoms with E-state index in [1.54, 1.807) is 41.2 Å². The van der Waals surface area contributed by atoms with Crippen molar-refractivity contribution in [3.05, 3.63) is 42.6 Å². The highest BCUT2D eigenvalue weighted by Gasteiger charge is 2.34. The molecule has 2 aliphatic rings. The van der Waals surface area contributed by atoms with E-state index in [2.05, 4.69) is 9.51 Å². The number of aromatic nitrogens is 1. The minimum absolute atomic E-state index is 0.0772. The number of likely N-dealkylation sites (N-methyl/N-ethyl adjacent to an activating group) is 1. The molecule has 0 saturated carbocycles. The number of hydrogen-bond donors (Lipinski definition) is 2. The summed E-state index contributed by atoms with van der Waals surface area (Å²) in [7, 11) is -2.88. The molecule has 0 aliphatic carbocycles. The predicted octanol–water partition coefficient (Wildman–Crippen LogP) is 2.05. The van der Waals surface area contributed by atoms with Gasteiger partial charge in [-0.3, -0.25) is 14.3 Å². The van der Waals surface area contributed by atoms with Crippen LogP contribution in [-0.4, -0.2) is 71.2 Å². The number of carbonyl (C=O) groups excluding carboxylic acids is 2. The van der Waals surface area contributed by atoms with Crippen LogP contribution in [0.15, 0.2) is 42.6 Å². The molecular formula is C19H21N4O7P. The number of pyridine rings is 1. The number of benzene rings is 1. The van der Waals surface area contributed by atoms with Crippen LogP contribution < -0.4 is 9.80 Å². The lowest BCUT2D eigenvalue weighted by Gasteiger charge is -2.16. The van der Waals surface area contributed by atoms with Crippen LogP contribution in [0.5, 0.6) is 0 Å². The van der Waals surface area contributed by atoms with Crippen molar-refractivity contribution in [2.24, 2.45) is 0 Å². The van der Waals surface area contributed by atoms with Crippen molar-refractivity contribution in [1.82, 2.24) is 9.88 Å². The number of phosphoric ester groups is 1. The van der Waals surface area contributed by atoms with E-state index in [0.717, 1.165) is 11.1 Å². The molecule has 1 aromatic carbocycles. The molecular weight excluding hydrogens is 427 g/mol. The molecule has 2 saturated heterocycles. The second-order valence-electron chi connectivity index (χ2n) is 7.21. The van der Waals surface area contributed by atoms with E-state index in [-0.39, 0.29) is 12.6 Å². The van der Waals surface area contributed by atoms with Crippen LogP contribution in [0.4, 0.5) is 21.1 Å². The molecule has 2 aromatic rings. The maximum Gasteiger partial charge on any atom is 0.469 e. The molecule has 2 fully saturated rings. The zero-order valence-corrected chi connectivity index (χ0v) is 17.5. The Balaban J connectivity index is 1.42. The van der Waals surface area contributed by atoms with E-state index < -0.39 is 26.6 Å². The van der Waals surface area contributed by atoms with Gasteiger partial charge in [0.25, 0.3) is 0 Å². The molecule has 0 radical (unpaired) electrons. The van der Waals surface area contributed by atoms with Gasteiger partial charge >= 0.3 is 19.9 Å². The zero-order chi connectivity index (χ0) is 22.2. The van der Waals surface area contributed by atoms with E-state index in [4.69, 9.17) is 14.5 Å². The normalized spacial score (nSPS) is 19.3. The van der Waals surface area contributed by atoms with Crippen molar-refractivity contribution >= 4 is 31.5 Å². The number of anilines is 2. The fourth-order valence-corrected chi connectivity index (χ4v) is 3.77. The van der Waals surface area contributed by atoms with Gasteiger partial charge in [0.1, 0.15) is 11.9 Å². The Labute approximate surface area is 178 Å². The fourth-order valence-electron chi connectivity index (χ4n) is 3.41. The Bertz CT molecular complexity index is 1020. The van der Waals surface area contributed by atoms with Crippen molar-refractivity contribution in [2.45, 2.75) is 6.10 Å². The molecule has 4 rings (SSSR count). The zero-order valence-electron chi connectivity index (χ0n) is 16.6. The number of hydrogen-bond acceptors (Lipinski definition) is 6. The number of nitrogens with zero attached hydrogens (tertiary/aromatic N) is 4. The van der Waals surface area contributed by atoms with Crippen LogP contribution in [0.1, 0.15) is 0 Å². The largest absolute Gasteiger partial charge is 0.469 e. The van der Waals surface area contributed by atoms with Gasteiger partial charge in [-0.2, -0.15) is 0 Å². The summed E-state index contributed by atoms with van der Waals surface area (Å²) in [6, 6.07) is 10.7. The number of phosphoric acid groups is 1. The van der Waals surface area contributed by atoms with E-state index >= 15 is 0 Å². The van der Waals surface area contributed by atoms with Gasteiger partial charge < -0.3 is 19.4 Å². The Morgan fingerprint density at radius 2 is 1.81 bits per heavy atom. The van der Waals surface area contributed by atoms with Crippen LogP contribution in [0.3, 0.4) is 0 Å². The SMILES string of the molecule is CN1CCN(c2ccc(-c3ccc(N4C[C@H](COP(=O)(O)O)OC4=O)cc3)cn2)C1=O. The minimum Gasteiger partial charge on any atom is -0.441 e. The fraction of sp³-hybridized carbons (Fsp3) is 0.316. The lowest BCUT2D eigenvalue weighted by Crippen LogP contribution is -2.29. The van der Waals surface area contributed by atoms with E-state index in [1.807, 2.05) is 18.2 Å². The monoisotopic (exact) mass is 448 g/mol. The topological polar surface area (TPSA) is 133 Å². The number of amides is 3. The molecule has 0 spiro atoms. The third-order valence-electron chi connectivity index (χ3n) is 5.06. The maximum atomic E-state index is 12.1. The van der Waals surface area contributed by atoms with Gasteiger partial charge in [-0.05, 0) is 29.8 Å². The number of rotatable bonds is 6. The van der Waals surface area contributed by atoms with Crippen LogP contribution >= 0.6 is 7.82 Å². The van der Waals surface area contributed by atoms with Gasteiger partial charge in [-0.1, -0.05) is 12.1 Å². The van der Waals surface area contributed by atoms with Gasteiger partial charge in [-0.15, -0.1) is 0 Å². The Hall–Kier alpha value is -2.98. The molecule has 164 valence electrons. The highest BCUT2D eigenvalue weighted by Crippen LogP contribution is 2.36. The molecule has 3 amide bonds. The van der Waals surface area contributed by atoms with Gasteiger partial charge in [0.15, 0.2) is 0 Å². The molecule has 3 heterocycles. The summed E-state index contributed by atoms with van der Waals surface area (Å²) in [5, 5.41) is 0. The molecule has 12 heteroatoms. The van der Waals surface area contributed by atoms with Gasteiger partial charge in [-0.25, -0.2) is 19.1 Å². The second-order valence-corrected chi connectivity index (χ2v) is 8.45. The summed E-state index contributed by atoms with van der Waals surface area (Å²) in [5.74, 6) is 0.595. The number of urea groups is 1. The van der Waals surface area contributed by atoms with Gasteiger partial charge in [0.05, 0.1) is 13.2 Å². The second kappa shape index (κ2) is 8.27. The van der Waals surface area contributed by atoms with Crippen molar-refractivity contribution in [1.29, 1.82) is 0 Å². The third kappa shape index (κ3) is 4.70. The molecule has 31 heavy (non-hydrogen) atoms. The van der Waals surface area contributed by atoms with Gasteiger partial charge in [0.2, 0.25) is 0 Å². The van der Waals surface area contributed by atoms with Crippen molar-refractivity contribution in [2.75, 3.05) is 43.1 Å². The van der Waals surface area contributed by atoms with Crippen LogP contribution in [-0.2, 0) is 13.8 Å². The molecule has 2 aliphatic heterocycles. The summed E-state index contributed by atoms with van der Waals surface area (Å²) < 4.78 is 20.3. The van der Waals surface area contributed by atoms with E-state index in [1.165, 1.54) is 4.90 Å². The number of ether oxygens (including phenoxy) is 1. The molecule has 1 aromatic heterocycles. The van der Waals surface area contributed by atoms with E-state index in [0.29, 0.717) is 24.6 Å². The first-order chi connectivity index (χ1) is 14.7. The molecule has 0 unspecified atom stereocenters. The Kier molecular flexibility index (Phi) is 5.67. The Morgan fingerprint density at radius 3 is 2.39 bits per heavy atom. The van der Waals surface area contributed by atoms with Crippen molar-refractivity contribution < 1.29 is 33.2 Å². The lowest BCUT2D eigenvalue weighted by molar-refractivity contribution is 0.0880. The average molecular weight is 448 g/mol. The summed E-state index contributed by atoms with van der Waals surface area (Å²) in [5.41, 5.74) is 2.32. The summed E-state index contributed by atoms with van der Waals surface area (Å²) in [4.78, 5) is 50.8. The smallest absolute Gasteiger partial charge is 0.441 e. The molecule has 1 atom stereocenters. The first-order valence-electron chi connectivity index (χ1n) is 9.48. The van der Waals surface area contributed by atoms with Crippen LogP contribution in [0.2, 0.25) is 0 Å². The lowest BCUT2D eigenvalue weighted by atomic mass is 10.1. The molecule has 11 nitrogen and oxygen atoms in total. The van der Waals surface area contributed by atoms with Crippen LogP contribution in [0.25, 0.3) is 11.1 Å². The third-order valence-corrected chi connectivity index (χ3v) is 5.54. The highest BCUT2D eigenvalue weighted by molar-refractivity contribution is 7.46. The minimum atomic E-state index is -4.63. The van der Waals surface area contributed by atoms with Gasteiger partial charge in [0, 0.05) is 37.6 Å². The standard InChI is InChI=1S/C19H21N4O7P/c1-21-8-9-22(18(21)24)17-7-4-14(10-20-17)13-2-5-15(6-3-13)23-11-16(30-19(23)25)12-29-31(26,27)28/h2-7,10,16H,8-9,11-12H2,1H3,(H2,26,27,28)/t16-/m1/s1. The van der Waals surface area contributed by atoms with Crippen molar-refractivity contribution in [3.8, 4) is 11.1 Å². The summed E-state index contributed by atoms with van der Waals surface area (Å²) in [6.07, 6.45) is 0.303. The number of carbonyl (C=O) groups is 2. The first-order valence-corrected chi connectivity index (χ1v) is 11.0. The summed E-state index contributed by atoms with van der Waals surface area (Å²) in [6.45, 7) is 0.988. The molecule has 0 bridgehead atoms. The highest BCUT2D eigenvalue weighted by atomic mass is 31.2. The first kappa shape index (κ1) is 21.3. The predicted molar refractivity (Wildman–Crippen MR) is 111 cm³/mol. The quantitative estimate of drug-likeness (QED) is 0.642. The summed E-state index contributed by atoms with van der Waals surface area (Å²) >= 11 is 0. The molecule has 2 N–H and O–H groups in total. The van der Waals surface area contributed by atoms with E-state index in [9.17, 15) is 14.2 Å². The maximum absolute atomic E-state index is 12.1. The number of cyclic esters (lactones) is 1. The Morgan fingerprint density at radius 1 is 1.10 bits per heavy atom. The van der Waals surface area contributed by atoms with Crippen LogP contribution in [0, 0.1) is 0 Å². The average Bonchev–Trinajstić information content (AvgIpc) is 3.28. The van der Waals surface area contributed by atoms with Crippen molar-refractivity contribution in [3.63, 3.8) is 0 Å².